The van der Waals surface area contributed by atoms with Crippen molar-refractivity contribution in [1.29, 1.82) is 0 Å². The summed E-state index contributed by atoms with van der Waals surface area (Å²) in [4.78, 5) is 16.0. The molecule has 0 saturated heterocycles. The third-order valence-electron chi connectivity index (χ3n) is 10.6. The Morgan fingerprint density at radius 1 is 1.11 bits per heavy atom. The van der Waals surface area contributed by atoms with Crippen molar-refractivity contribution in [3.05, 3.63) is 70.3 Å². The summed E-state index contributed by atoms with van der Waals surface area (Å²) in [5.74, 6) is 1.80. The van der Waals surface area contributed by atoms with Crippen molar-refractivity contribution < 1.29 is 18.8 Å². The van der Waals surface area contributed by atoms with E-state index in [9.17, 15) is 14.1 Å². The second-order valence-corrected chi connectivity index (χ2v) is 15.5. The maximum Gasteiger partial charge on any atom is 0.263 e. The van der Waals surface area contributed by atoms with Crippen molar-refractivity contribution in [2.75, 3.05) is 24.6 Å². The number of amides is 1. The van der Waals surface area contributed by atoms with Gasteiger partial charge in [0.1, 0.15) is 16.7 Å². The van der Waals surface area contributed by atoms with Gasteiger partial charge in [-0.25, -0.2) is 4.21 Å². The zero-order valence-electron chi connectivity index (χ0n) is 26.1. The third-order valence-corrected chi connectivity index (χ3v) is 12.4. The van der Waals surface area contributed by atoms with Gasteiger partial charge >= 0.3 is 0 Å². The molecule has 44 heavy (non-hydrogen) atoms. The maximum atomic E-state index is 13.7. The van der Waals surface area contributed by atoms with E-state index >= 15 is 0 Å². The van der Waals surface area contributed by atoms with Gasteiger partial charge in [-0.3, -0.25) is 9.52 Å². The van der Waals surface area contributed by atoms with Gasteiger partial charge in [-0.2, -0.15) is 0 Å². The molecule has 6 rings (SSSR count). The number of rotatable bonds is 5. The molecule has 7 atom stereocenters. The summed E-state index contributed by atoms with van der Waals surface area (Å²) < 4.78 is 23.0. The van der Waals surface area contributed by atoms with Crippen LogP contribution in [0.25, 0.3) is 0 Å². The first-order valence-corrected chi connectivity index (χ1v) is 18.3. The number of halogens is 1. The lowest BCUT2D eigenvalue weighted by atomic mass is 9.70. The minimum absolute atomic E-state index is 0.119. The number of hydrogen-bond acceptors (Lipinski definition) is 5. The highest BCUT2D eigenvalue weighted by atomic mass is 35.5. The van der Waals surface area contributed by atoms with Gasteiger partial charge in [0, 0.05) is 29.6 Å². The molecule has 2 aliphatic carbocycles. The highest BCUT2D eigenvalue weighted by molar-refractivity contribution is 7.84. The van der Waals surface area contributed by atoms with Crippen LogP contribution < -0.4 is 14.4 Å². The minimum atomic E-state index is -1.51. The molecule has 2 bridgehead atoms. The molecule has 6 nitrogen and oxygen atoms in total. The zero-order chi connectivity index (χ0) is 30.8. The van der Waals surface area contributed by atoms with E-state index < -0.39 is 17.1 Å². The molecule has 2 fully saturated rings. The average molecular weight is 639 g/mol. The van der Waals surface area contributed by atoms with Crippen LogP contribution in [0.1, 0.15) is 92.6 Å². The molecule has 2 aromatic rings. The fourth-order valence-corrected chi connectivity index (χ4v) is 9.18. The van der Waals surface area contributed by atoms with Crippen LogP contribution >= 0.6 is 11.6 Å². The highest BCUT2D eigenvalue weighted by Crippen LogP contribution is 2.43. The number of carbonyl (C=O) groups is 1. The van der Waals surface area contributed by atoms with Crippen molar-refractivity contribution in [1.82, 2.24) is 4.72 Å². The van der Waals surface area contributed by atoms with Gasteiger partial charge in [0.05, 0.1) is 23.6 Å². The highest BCUT2D eigenvalue weighted by Gasteiger charge is 2.38. The Hall–Kier alpha value is -2.35. The fourth-order valence-electron chi connectivity index (χ4n) is 7.55. The van der Waals surface area contributed by atoms with E-state index in [1.807, 2.05) is 24.3 Å². The number of aryl methyl sites for hydroxylation is 1. The van der Waals surface area contributed by atoms with Gasteiger partial charge in [-0.1, -0.05) is 69.4 Å². The van der Waals surface area contributed by atoms with Gasteiger partial charge < -0.3 is 14.7 Å². The number of anilines is 1. The van der Waals surface area contributed by atoms with Gasteiger partial charge in [0.25, 0.3) is 5.91 Å². The Morgan fingerprint density at radius 3 is 2.68 bits per heavy atom. The number of allylic oxidation sites excluding steroid dienone is 1. The Bertz CT molecular complexity index is 1390. The summed E-state index contributed by atoms with van der Waals surface area (Å²) in [6.45, 7) is 6.34. The number of nitrogens with zero attached hydrogens (tertiary/aromatic N) is 1. The van der Waals surface area contributed by atoms with E-state index in [0.29, 0.717) is 24.0 Å². The molecule has 0 spiro atoms. The van der Waals surface area contributed by atoms with Crippen molar-refractivity contribution in [2.45, 2.75) is 88.9 Å². The second kappa shape index (κ2) is 14.0. The molecule has 4 aliphatic rings. The summed E-state index contributed by atoms with van der Waals surface area (Å²) in [6, 6.07) is 11.8. The number of aliphatic hydroxyl groups excluding tert-OH is 1. The van der Waals surface area contributed by atoms with Gasteiger partial charge in [-0.15, -0.1) is 0 Å². The number of ether oxygens (including phenoxy) is 1. The molecule has 2 heterocycles. The molecule has 2 aromatic carbocycles. The van der Waals surface area contributed by atoms with Crippen molar-refractivity contribution >= 4 is 34.2 Å². The Labute approximate surface area is 270 Å². The predicted molar refractivity (Wildman–Crippen MR) is 179 cm³/mol. The van der Waals surface area contributed by atoms with E-state index in [2.05, 4.69) is 41.7 Å². The first kappa shape index (κ1) is 31.6. The quantitative estimate of drug-likeness (QED) is 0.339. The third kappa shape index (κ3) is 6.90. The summed E-state index contributed by atoms with van der Waals surface area (Å²) in [5, 5.41) is 11.9. The Kier molecular flexibility index (Phi) is 10.0. The normalized spacial score (nSPS) is 31.9. The molecular weight excluding hydrogens is 592 g/mol. The number of nitrogens with one attached hydrogen (secondary N) is 1. The molecule has 0 radical (unpaired) electrons. The van der Waals surface area contributed by atoms with Crippen LogP contribution in [0.15, 0.2) is 48.6 Å². The van der Waals surface area contributed by atoms with E-state index in [-0.39, 0.29) is 28.9 Å². The average Bonchev–Trinajstić information content (AvgIpc) is 3.13. The van der Waals surface area contributed by atoms with Crippen molar-refractivity contribution in [2.24, 2.45) is 23.7 Å². The van der Waals surface area contributed by atoms with Gasteiger partial charge in [0.15, 0.2) is 0 Å². The van der Waals surface area contributed by atoms with E-state index in [0.717, 1.165) is 68.1 Å². The number of hydrogen-bond donors (Lipinski definition) is 2. The Morgan fingerprint density at radius 2 is 1.95 bits per heavy atom. The minimum Gasteiger partial charge on any atom is -0.491 e. The summed E-state index contributed by atoms with van der Waals surface area (Å²) in [7, 11) is -1.51. The molecule has 2 aliphatic heterocycles. The molecule has 1 amide bonds. The molecule has 8 heteroatoms. The maximum absolute atomic E-state index is 13.7. The predicted octanol–water partition coefficient (Wildman–Crippen LogP) is 7.21. The van der Waals surface area contributed by atoms with Crippen LogP contribution in [-0.4, -0.2) is 46.3 Å². The summed E-state index contributed by atoms with van der Waals surface area (Å²) in [6.07, 6.45) is 12.7. The van der Waals surface area contributed by atoms with E-state index in [1.165, 1.54) is 30.4 Å². The van der Waals surface area contributed by atoms with Crippen LogP contribution in [0.2, 0.25) is 5.02 Å². The first-order chi connectivity index (χ1) is 21.3. The first-order valence-electron chi connectivity index (χ1n) is 16.7. The lowest BCUT2D eigenvalue weighted by Crippen LogP contribution is -2.44. The fraction of sp³-hybridized carbons (Fsp3) is 0.583. The summed E-state index contributed by atoms with van der Waals surface area (Å²) in [5.41, 5.74) is 3.89. The molecule has 0 aromatic heterocycles. The van der Waals surface area contributed by atoms with Crippen molar-refractivity contribution in [3.63, 3.8) is 0 Å². The standard InChI is InChI=1S/C36H47ClN2O4S/c1-3-6-25-18-29(37)13-15-30(25)28-21-39-20-27-11-14-31(27)33(40)10-4-7-23(2)35(17-24-8-5-9-24)44(42)38-36(41)26-12-16-34(43-22-28)32(39)19-26/h4,10,12-13,15-16,18-19,23-24,27-28,31,33,35,40H,3,5-9,11,14,17,20-22H2,1-2H3,(H,38,41)/b10-4+. The number of fused-ring (bicyclic) bond motifs is 2. The molecule has 7 unspecified atom stereocenters. The number of benzene rings is 2. The zero-order valence-corrected chi connectivity index (χ0v) is 27.6. The molecule has 238 valence electrons. The summed E-state index contributed by atoms with van der Waals surface area (Å²) >= 11 is 6.41. The lowest BCUT2D eigenvalue weighted by Gasteiger charge is -2.42. The lowest BCUT2D eigenvalue weighted by molar-refractivity contribution is 0.0461. The second-order valence-electron chi connectivity index (χ2n) is 13.6. The Balaban J connectivity index is 1.34. The number of aliphatic hydroxyl groups is 1. The largest absolute Gasteiger partial charge is 0.491 e. The van der Waals surface area contributed by atoms with Crippen LogP contribution in [0.5, 0.6) is 5.75 Å². The van der Waals surface area contributed by atoms with Gasteiger partial charge in [0.2, 0.25) is 0 Å². The topological polar surface area (TPSA) is 78.9 Å². The van der Waals surface area contributed by atoms with Crippen LogP contribution in [0, 0.1) is 23.7 Å². The monoisotopic (exact) mass is 638 g/mol. The van der Waals surface area contributed by atoms with Crippen LogP contribution in [-0.2, 0) is 17.4 Å². The number of carbonyl (C=O) groups excluding carboxylic acids is 1. The van der Waals surface area contributed by atoms with Crippen molar-refractivity contribution in [3.8, 4) is 5.75 Å². The molecular formula is C36H47ClN2O4S. The molecule has 2 saturated carbocycles. The molecule has 2 N–H and O–H groups in total. The van der Waals surface area contributed by atoms with E-state index in [4.69, 9.17) is 16.3 Å². The smallest absolute Gasteiger partial charge is 0.263 e. The van der Waals surface area contributed by atoms with Gasteiger partial charge in [-0.05, 0) is 97.2 Å². The van der Waals surface area contributed by atoms with E-state index in [1.54, 1.807) is 6.07 Å². The SMILES string of the molecule is CCCc1cc(Cl)ccc1C1COc2ccc3cc2N(C1)CC1CCC1C(O)/C=C/CC(C)C(CC1CCC1)S(=O)NC3=O. The van der Waals surface area contributed by atoms with Crippen LogP contribution in [0.4, 0.5) is 5.69 Å². The van der Waals surface area contributed by atoms with Crippen LogP contribution in [0.3, 0.4) is 0 Å².